The van der Waals surface area contributed by atoms with Crippen LogP contribution in [0.5, 0.6) is 0 Å². The van der Waals surface area contributed by atoms with E-state index in [2.05, 4.69) is 47.9 Å². The van der Waals surface area contributed by atoms with Crippen LogP contribution in [0.2, 0.25) is 0 Å². The topological polar surface area (TPSA) is 12.4 Å². The Hall–Kier alpha value is -2.78. The van der Waals surface area contributed by atoms with E-state index < -0.39 is 11.6 Å². The van der Waals surface area contributed by atoms with E-state index in [-0.39, 0.29) is 11.1 Å². The Morgan fingerprint density at radius 2 is 1.58 bits per heavy atom. The first-order chi connectivity index (χ1) is 11.6. The van der Waals surface area contributed by atoms with Crippen LogP contribution in [0.25, 0.3) is 0 Å². The zero-order valence-electron chi connectivity index (χ0n) is 13.0. The van der Waals surface area contributed by atoms with Crippen molar-refractivity contribution < 1.29 is 8.78 Å². The van der Waals surface area contributed by atoms with E-state index in [1.807, 2.05) is 29.4 Å². The normalized spacial score (nSPS) is 9.12. The molecule has 0 unspecified atom stereocenters. The van der Waals surface area contributed by atoms with Gasteiger partial charge in [0.1, 0.15) is 11.6 Å². The highest BCUT2D eigenvalue weighted by atomic mass is 32.1. The number of isothiocyanates is 1. The fourth-order valence-electron chi connectivity index (χ4n) is 2.06. The lowest BCUT2D eigenvalue weighted by Gasteiger charge is -1.99. The molecule has 2 aromatic carbocycles. The first kappa shape index (κ1) is 17.6. The molecule has 2 rings (SSSR count). The zero-order chi connectivity index (χ0) is 17.4. The van der Waals surface area contributed by atoms with Crippen LogP contribution in [-0.2, 0) is 6.42 Å². The maximum Gasteiger partial charge on any atom is 0.143 e. The lowest BCUT2D eigenvalue weighted by molar-refractivity contribution is 0.577. The summed E-state index contributed by atoms with van der Waals surface area (Å²) in [4.78, 5) is 3.31. The highest BCUT2D eigenvalue weighted by molar-refractivity contribution is 7.78. The molecular weight excluding hydrogens is 324 g/mol. The maximum absolute atomic E-state index is 13.9. The highest BCUT2D eigenvalue weighted by Gasteiger charge is 2.08. The van der Waals surface area contributed by atoms with Crippen LogP contribution >= 0.6 is 12.2 Å². The Kier molecular flexibility index (Phi) is 6.41. The second-order valence-electron chi connectivity index (χ2n) is 4.95. The Morgan fingerprint density at radius 3 is 2.17 bits per heavy atom. The number of aliphatic imine (C=N–C) groups is 1. The van der Waals surface area contributed by atoms with Crippen molar-refractivity contribution in [1.29, 1.82) is 0 Å². The number of rotatable bonds is 2. The molecule has 0 amide bonds. The van der Waals surface area contributed by atoms with E-state index >= 15 is 0 Å². The molecule has 0 spiro atoms. The van der Waals surface area contributed by atoms with Gasteiger partial charge in [0.2, 0.25) is 0 Å². The summed E-state index contributed by atoms with van der Waals surface area (Å²) in [5.41, 5.74) is 1.90. The van der Waals surface area contributed by atoms with Gasteiger partial charge in [-0.3, -0.25) is 0 Å². The smallest absolute Gasteiger partial charge is 0.143 e. The summed E-state index contributed by atoms with van der Waals surface area (Å²) in [6.45, 7) is 2.12. The summed E-state index contributed by atoms with van der Waals surface area (Å²) in [5, 5.41) is 2.01. The second-order valence-corrected chi connectivity index (χ2v) is 5.13. The van der Waals surface area contributed by atoms with Gasteiger partial charge in [-0.1, -0.05) is 37.3 Å². The van der Waals surface area contributed by atoms with Gasteiger partial charge in [0.25, 0.3) is 0 Å². The number of benzene rings is 2. The molecule has 0 aliphatic rings. The third-order valence-electron chi connectivity index (χ3n) is 3.17. The number of nitrogens with zero attached hydrogens (tertiary/aromatic N) is 1. The third kappa shape index (κ3) is 4.86. The van der Waals surface area contributed by atoms with Crippen LogP contribution < -0.4 is 0 Å². The van der Waals surface area contributed by atoms with Crippen molar-refractivity contribution in [1.82, 2.24) is 0 Å². The van der Waals surface area contributed by atoms with Crippen LogP contribution in [0, 0.1) is 35.4 Å². The van der Waals surface area contributed by atoms with Crippen molar-refractivity contribution >= 4 is 17.4 Å². The van der Waals surface area contributed by atoms with Crippen molar-refractivity contribution in [3.8, 4) is 23.8 Å². The van der Waals surface area contributed by atoms with Gasteiger partial charge in [-0.25, -0.2) is 8.78 Å². The second kappa shape index (κ2) is 8.75. The summed E-state index contributed by atoms with van der Waals surface area (Å²) in [6, 6.07) is 12.3. The molecule has 0 aliphatic carbocycles. The SMILES string of the molecule is CCCc1ccc(C#Cc2cc(F)c(C#CN=C=S)c(F)c2)cc1. The molecule has 4 heteroatoms. The fraction of sp³-hybridized carbons (Fsp3) is 0.150. The van der Waals surface area contributed by atoms with Crippen LogP contribution in [0.1, 0.15) is 35.6 Å². The van der Waals surface area contributed by atoms with Gasteiger partial charge >= 0.3 is 0 Å². The van der Waals surface area contributed by atoms with Gasteiger partial charge in [-0.2, -0.15) is 0 Å². The average molecular weight is 337 g/mol. The van der Waals surface area contributed by atoms with E-state index in [1.165, 1.54) is 5.56 Å². The predicted octanol–water partition coefficient (Wildman–Crippen LogP) is 4.73. The van der Waals surface area contributed by atoms with Crippen LogP contribution in [0.15, 0.2) is 41.4 Å². The Balaban J connectivity index is 2.26. The minimum Gasteiger partial charge on any atom is -0.205 e. The van der Waals surface area contributed by atoms with Gasteiger partial charge < -0.3 is 0 Å². The largest absolute Gasteiger partial charge is 0.205 e. The summed E-state index contributed by atoms with van der Waals surface area (Å²) in [7, 11) is 0. The molecule has 0 fully saturated rings. The molecule has 0 heterocycles. The fourth-order valence-corrected chi connectivity index (χ4v) is 2.10. The maximum atomic E-state index is 13.9. The predicted molar refractivity (Wildman–Crippen MR) is 94.7 cm³/mol. The van der Waals surface area contributed by atoms with Crippen molar-refractivity contribution in [2.45, 2.75) is 19.8 Å². The van der Waals surface area contributed by atoms with Gasteiger partial charge in [-0.15, -0.1) is 4.99 Å². The van der Waals surface area contributed by atoms with Crippen LogP contribution in [-0.4, -0.2) is 5.16 Å². The van der Waals surface area contributed by atoms with Crippen molar-refractivity contribution in [3.05, 3.63) is 70.3 Å². The first-order valence-electron chi connectivity index (χ1n) is 7.32. The Bertz CT molecular complexity index is 880. The number of thiocarbonyl (C=S) groups is 1. The standard InChI is InChI=1S/C20H13F2NS/c1-2-3-15-4-6-16(7-5-15)8-9-17-12-19(21)18(20(22)13-17)10-11-23-14-24/h4-7,12-13H,2-3H2,1H3. The molecule has 0 saturated heterocycles. The summed E-state index contributed by atoms with van der Waals surface area (Å²) in [5.74, 6) is 6.34. The highest BCUT2D eigenvalue weighted by Crippen LogP contribution is 2.14. The Labute approximate surface area is 145 Å². The van der Waals surface area contributed by atoms with Crippen LogP contribution in [0.3, 0.4) is 0 Å². The third-order valence-corrected chi connectivity index (χ3v) is 3.26. The monoisotopic (exact) mass is 337 g/mol. The molecule has 0 aliphatic heterocycles. The van der Waals surface area contributed by atoms with E-state index in [9.17, 15) is 8.78 Å². The molecular formula is C20H13F2NS. The molecule has 24 heavy (non-hydrogen) atoms. The lowest BCUT2D eigenvalue weighted by atomic mass is 10.1. The van der Waals surface area contributed by atoms with Crippen molar-refractivity contribution in [2.24, 2.45) is 4.99 Å². The number of hydrogen-bond acceptors (Lipinski definition) is 2. The number of aryl methyl sites for hydroxylation is 1. The number of halogens is 2. The lowest BCUT2D eigenvalue weighted by Crippen LogP contribution is -1.92. The molecule has 0 bridgehead atoms. The minimum absolute atomic E-state index is 0.242. The van der Waals surface area contributed by atoms with E-state index in [4.69, 9.17) is 0 Å². The molecule has 118 valence electrons. The van der Waals surface area contributed by atoms with E-state index in [1.54, 1.807) is 0 Å². The number of hydrogen-bond donors (Lipinski definition) is 0. The Morgan fingerprint density at radius 1 is 0.958 bits per heavy atom. The van der Waals surface area contributed by atoms with Gasteiger partial charge in [-0.05, 0) is 54.4 Å². The molecule has 2 aromatic rings. The zero-order valence-corrected chi connectivity index (χ0v) is 13.8. The van der Waals surface area contributed by atoms with E-state index in [0.29, 0.717) is 0 Å². The first-order valence-corrected chi connectivity index (χ1v) is 7.72. The summed E-state index contributed by atoms with van der Waals surface area (Å²) < 4.78 is 27.8. The van der Waals surface area contributed by atoms with Crippen molar-refractivity contribution in [3.63, 3.8) is 0 Å². The van der Waals surface area contributed by atoms with Gasteiger partial charge in [0, 0.05) is 11.1 Å². The molecule has 1 nitrogen and oxygen atoms in total. The molecule has 0 saturated carbocycles. The van der Waals surface area contributed by atoms with Crippen LogP contribution in [0.4, 0.5) is 8.78 Å². The van der Waals surface area contributed by atoms with Gasteiger partial charge in [0.15, 0.2) is 0 Å². The molecule has 0 aromatic heterocycles. The average Bonchev–Trinajstić information content (AvgIpc) is 2.57. The summed E-state index contributed by atoms with van der Waals surface area (Å²) >= 11 is 4.33. The molecule has 0 atom stereocenters. The van der Waals surface area contributed by atoms with Gasteiger partial charge in [0.05, 0.1) is 16.8 Å². The van der Waals surface area contributed by atoms with Crippen molar-refractivity contribution in [2.75, 3.05) is 0 Å². The van der Waals surface area contributed by atoms with E-state index in [0.717, 1.165) is 30.5 Å². The summed E-state index contributed by atoms with van der Waals surface area (Å²) in [6.07, 6.45) is 2.09. The minimum atomic E-state index is -0.787. The molecule has 0 N–H and O–H groups in total. The molecule has 0 radical (unpaired) electrons. The quantitative estimate of drug-likeness (QED) is 0.438.